The average Bonchev–Trinajstić information content (AvgIpc) is 3.20. The number of aryl methyl sites for hydroxylation is 1. The lowest BCUT2D eigenvalue weighted by atomic mass is 10.1. The topological polar surface area (TPSA) is 59.5 Å². The summed E-state index contributed by atoms with van der Waals surface area (Å²) in [6.45, 7) is 3.12. The molecule has 0 aliphatic heterocycles. The van der Waals surface area contributed by atoms with Crippen molar-refractivity contribution in [1.29, 1.82) is 0 Å². The van der Waals surface area contributed by atoms with Crippen molar-refractivity contribution in [1.82, 2.24) is 4.98 Å². The third-order valence-corrected chi connectivity index (χ3v) is 5.30. The van der Waals surface area contributed by atoms with Crippen molar-refractivity contribution < 1.29 is 27.5 Å². The number of anilines is 2. The van der Waals surface area contributed by atoms with Gasteiger partial charge in [0.25, 0.3) is 0 Å². The van der Waals surface area contributed by atoms with Crippen LogP contribution in [0.1, 0.15) is 41.0 Å². The number of carbonyl (C=O) groups excluding carboxylic acids is 2. The molecule has 3 rings (SSSR count). The number of hydrogen-bond acceptors (Lipinski definition) is 5. The molecule has 162 valence electrons. The molecule has 2 aromatic carbocycles. The Hall–Kier alpha value is -3.20. The van der Waals surface area contributed by atoms with E-state index in [9.17, 15) is 22.8 Å². The minimum atomic E-state index is -4.53. The van der Waals surface area contributed by atoms with Crippen LogP contribution in [0.3, 0.4) is 0 Å². The smallest absolute Gasteiger partial charge is 0.416 e. The van der Waals surface area contributed by atoms with Crippen LogP contribution in [0, 0.1) is 0 Å². The first-order valence-corrected chi connectivity index (χ1v) is 10.3. The lowest BCUT2D eigenvalue weighted by molar-refractivity contribution is -0.137. The Kier molecular flexibility index (Phi) is 6.74. The molecule has 0 saturated carbocycles. The van der Waals surface area contributed by atoms with Gasteiger partial charge in [-0.2, -0.15) is 13.2 Å². The van der Waals surface area contributed by atoms with Crippen LogP contribution in [0.5, 0.6) is 0 Å². The summed E-state index contributed by atoms with van der Waals surface area (Å²) in [5.74, 6) is -1.01. The lowest BCUT2D eigenvalue weighted by Crippen LogP contribution is -2.23. The number of nitrogens with zero attached hydrogens (tertiary/aromatic N) is 2. The minimum Gasteiger partial charge on any atom is -0.456 e. The van der Waals surface area contributed by atoms with E-state index in [1.54, 1.807) is 17.5 Å². The monoisotopic (exact) mass is 448 g/mol. The Morgan fingerprint density at radius 1 is 1.13 bits per heavy atom. The number of ether oxygens (including phenoxy) is 1. The van der Waals surface area contributed by atoms with Crippen LogP contribution in [0.2, 0.25) is 0 Å². The number of esters is 1. The molecule has 0 spiro atoms. The second kappa shape index (κ2) is 9.30. The standard InChI is InChI=1S/C22H19F3N2O3S/c1-3-15-7-9-16(10-8-15)20(29)30-12-18-13-31-21(26-18)27(14(2)28)19-6-4-5-17(11-19)22(23,24)25/h4-11,13H,3,12H2,1-2H3. The van der Waals surface area contributed by atoms with E-state index in [0.717, 1.165) is 40.4 Å². The fourth-order valence-corrected chi connectivity index (χ4v) is 3.68. The van der Waals surface area contributed by atoms with Crippen molar-refractivity contribution >= 4 is 34.0 Å². The number of rotatable bonds is 6. The summed E-state index contributed by atoms with van der Waals surface area (Å²) in [6.07, 6.45) is -3.68. The van der Waals surface area contributed by atoms with Crippen molar-refractivity contribution in [3.05, 3.63) is 76.3 Å². The molecule has 0 aliphatic rings. The molecular weight excluding hydrogens is 429 g/mol. The molecule has 0 N–H and O–H groups in total. The van der Waals surface area contributed by atoms with Crippen LogP contribution in [0.25, 0.3) is 0 Å². The zero-order valence-electron chi connectivity index (χ0n) is 16.8. The molecule has 0 unspecified atom stereocenters. The van der Waals surface area contributed by atoms with Crippen molar-refractivity contribution in [2.75, 3.05) is 4.90 Å². The van der Waals surface area contributed by atoms with Gasteiger partial charge in [0.2, 0.25) is 5.91 Å². The SMILES string of the molecule is CCc1ccc(C(=O)OCc2csc(N(C(C)=O)c3cccc(C(F)(F)F)c3)n2)cc1. The average molecular weight is 448 g/mol. The van der Waals surface area contributed by atoms with Crippen LogP contribution in [-0.4, -0.2) is 16.9 Å². The van der Waals surface area contributed by atoms with Crippen molar-refractivity contribution in [3.63, 3.8) is 0 Å². The molecule has 1 amide bonds. The summed E-state index contributed by atoms with van der Waals surface area (Å²) < 4.78 is 44.4. The minimum absolute atomic E-state index is 0.0521. The highest BCUT2D eigenvalue weighted by Gasteiger charge is 2.31. The predicted molar refractivity (Wildman–Crippen MR) is 111 cm³/mol. The van der Waals surface area contributed by atoms with Crippen LogP contribution < -0.4 is 4.90 Å². The Bertz CT molecular complexity index is 1080. The van der Waals surface area contributed by atoms with E-state index < -0.39 is 23.6 Å². The fraction of sp³-hybridized carbons (Fsp3) is 0.227. The summed E-state index contributed by atoms with van der Waals surface area (Å²) in [5, 5.41) is 1.77. The molecule has 31 heavy (non-hydrogen) atoms. The van der Waals surface area contributed by atoms with Gasteiger partial charge in [0.15, 0.2) is 5.13 Å². The van der Waals surface area contributed by atoms with Gasteiger partial charge in [-0.25, -0.2) is 9.78 Å². The lowest BCUT2D eigenvalue weighted by Gasteiger charge is -2.19. The summed E-state index contributed by atoms with van der Waals surface area (Å²) in [4.78, 5) is 29.7. The maximum absolute atomic E-state index is 13.0. The molecule has 0 aliphatic carbocycles. The van der Waals surface area contributed by atoms with Crippen LogP contribution >= 0.6 is 11.3 Å². The van der Waals surface area contributed by atoms with Gasteiger partial charge in [0.1, 0.15) is 6.61 Å². The highest BCUT2D eigenvalue weighted by molar-refractivity contribution is 7.14. The maximum Gasteiger partial charge on any atom is 0.416 e. The van der Waals surface area contributed by atoms with Gasteiger partial charge < -0.3 is 4.74 Å². The molecule has 9 heteroatoms. The number of amides is 1. The zero-order chi connectivity index (χ0) is 22.6. The maximum atomic E-state index is 13.0. The van der Waals surface area contributed by atoms with Crippen molar-refractivity contribution in [2.45, 2.75) is 33.1 Å². The second-order valence-electron chi connectivity index (χ2n) is 6.65. The van der Waals surface area contributed by atoms with Gasteiger partial charge in [0.05, 0.1) is 22.5 Å². The molecular formula is C22H19F3N2O3S. The first-order valence-electron chi connectivity index (χ1n) is 9.37. The zero-order valence-corrected chi connectivity index (χ0v) is 17.6. The highest BCUT2D eigenvalue weighted by Crippen LogP contribution is 2.35. The van der Waals surface area contributed by atoms with Gasteiger partial charge >= 0.3 is 12.1 Å². The van der Waals surface area contributed by atoms with E-state index in [0.29, 0.717) is 11.3 Å². The molecule has 1 heterocycles. The summed E-state index contributed by atoms with van der Waals surface area (Å²) >= 11 is 1.07. The number of alkyl halides is 3. The van der Waals surface area contributed by atoms with E-state index in [-0.39, 0.29) is 17.4 Å². The number of thiazole rings is 1. The van der Waals surface area contributed by atoms with Crippen LogP contribution in [0.4, 0.5) is 24.0 Å². The van der Waals surface area contributed by atoms with E-state index in [4.69, 9.17) is 4.74 Å². The molecule has 0 saturated heterocycles. The predicted octanol–water partition coefficient (Wildman–Crippen LogP) is 5.77. The van der Waals surface area contributed by atoms with E-state index in [1.165, 1.54) is 19.1 Å². The normalized spacial score (nSPS) is 11.3. The Labute approximate surface area is 181 Å². The Morgan fingerprint density at radius 2 is 1.84 bits per heavy atom. The van der Waals surface area contributed by atoms with Crippen molar-refractivity contribution in [2.24, 2.45) is 0 Å². The van der Waals surface area contributed by atoms with Gasteiger partial charge in [0, 0.05) is 12.3 Å². The molecule has 0 bridgehead atoms. The van der Waals surface area contributed by atoms with Crippen molar-refractivity contribution in [3.8, 4) is 0 Å². The fourth-order valence-electron chi connectivity index (χ4n) is 2.81. The molecule has 5 nitrogen and oxygen atoms in total. The third-order valence-electron chi connectivity index (χ3n) is 4.43. The number of carbonyl (C=O) groups is 2. The van der Waals surface area contributed by atoms with E-state index in [2.05, 4.69) is 4.98 Å². The first kappa shape index (κ1) is 22.5. The van der Waals surface area contributed by atoms with Gasteiger partial charge in [-0.1, -0.05) is 25.1 Å². The molecule has 1 aromatic heterocycles. The molecule has 0 radical (unpaired) electrons. The van der Waals surface area contributed by atoms with Gasteiger partial charge in [-0.15, -0.1) is 11.3 Å². The quantitative estimate of drug-likeness (QED) is 0.450. The Morgan fingerprint density at radius 3 is 2.45 bits per heavy atom. The number of benzene rings is 2. The first-order chi connectivity index (χ1) is 14.7. The third kappa shape index (κ3) is 5.49. The summed E-state index contributed by atoms with van der Waals surface area (Å²) in [5.41, 5.74) is 1.07. The van der Waals surface area contributed by atoms with Crippen LogP contribution in [-0.2, 0) is 28.7 Å². The van der Waals surface area contributed by atoms with Gasteiger partial charge in [-0.3, -0.25) is 9.69 Å². The molecule has 0 atom stereocenters. The van der Waals surface area contributed by atoms with E-state index >= 15 is 0 Å². The number of halogens is 3. The Balaban J connectivity index is 1.74. The molecule has 0 fully saturated rings. The van der Waals surface area contributed by atoms with Crippen LogP contribution in [0.15, 0.2) is 53.9 Å². The highest BCUT2D eigenvalue weighted by atomic mass is 32.1. The van der Waals surface area contributed by atoms with Gasteiger partial charge in [-0.05, 0) is 42.3 Å². The largest absolute Gasteiger partial charge is 0.456 e. The second-order valence-corrected chi connectivity index (χ2v) is 7.49. The van der Waals surface area contributed by atoms with E-state index in [1.807, 2.05) is 19.1 Å². The summed E-state index contributed by atoms with van der Waals surface area (Å²) in [6, 6.07) is 11.5. The summed E-state index contributed by atoms with van der Waals surface area (Å²) in [7, 11) is 0. The number of aromatic nitrogens is 1. The molecule has 3 aromatic rings. The number of hydrogen-bond donors (Lipinski definition) is 0.